The van der Waals surface area contributed by atoms with Gasteiger partial charge in [-0.05, 0) is 65.9 Å². The summed E-state index contributed by atoms with van der Waals surface area (Å²) in [5.41, 5.74) is 10.1. The normalized spacial score (nSPS) is 12.8. The minimum Gasteiger partial charge on any atom is -0.456 e. The van der Waals surface area contributed by atoms with Crippen LogP contribution in [0.4, 0.5) is 17.4 Å². The fourth-order valence-corrected chi connectivity index (χ4v) is 5.65. The van der Waals surface area contributed by atoms with Crippen LogP contribution in [0.5, 0.6) is 0 Å². The second-order valence-electron chi connectivity index (χ2n) is 9.95. The molecule has 186 valence electrons. The molecule has 0 amide bonds. The Morgan fingerprint density at radius 1 is 0.641 bits per heavy atom. The number of anilines is 3. The zero-order valence-corrected chi connectivity index (χ0v) is 21.2. The molecule has 0 spiro atoms. The monoisotopic (exact) mass is 504 g/mol. The summed E-state index contributed by atoms with van der Waals surface area (Å²) < 4.78 is 12.8. The van der Waals surface area contributed by atoms with Crippen molar-refractivity contribution in [2.24, 2.45) is 0 Å². The Hall–Kier alpha value is -5.09. The maximum absolute atomic E-state index is 6.57. The van der Waals surface area contributed by atoms with Crippen LogP contribution in [0, 0.1) is 0 Å². The molecule has 5 aromatic carbocycles. The molecule has 7 aromatic rings. The van der Waals surface area contributed by atoms with E-state index in [-0.39, 0.29) is 0 Å². The second-order valence-corrected chi connectivity index (χ2v) is 9.95. The fraction of sp³-hybridized carbons (Fsp3) is 0.0571. The molecule has 4 nitrogen and oxygen atoms in total. The van der Waals surface area contributed by atoms with Crippen LogP contribution < -0.4 is 4.90 Å². The Morgan fingerprint density at radius 3 is 2.31 bits per heavy atom. The molecule has 0 saturated heterocycles. The van der Waals surface area contributed by atoms with Crippen LogP contribution in [0.3, 0.4) is 0 Å². The number of aromatic nitrogens is 1. The SMILES string of the molecule is C1=Cc2ccc3nc(N(c4ccc(-c5ccccc5)cc4)c4ccc5c(c4)oc4ccccc45)oc3c2CC1. The van der Waals surface area contributed by atoms with Gasteiger partial charge in [-0.2, -0.15) is 4.98 Å². The van der Waals surface area contributed by atoms with Gasteiger partial charge in [0, 0.05) is 22.4 Å². The number of hydrogen-bond donors (Lipinski definition) is 0. The molecule has 0 fully saturated rings. The van der Waals surface area contributed by atoms with Crippen molar-refractivity contribution < 1.29 is 8.83 Å². The van der Waals surface area contributed by atoms with Crippen LogP contribution in [0.25, 0.3) is 50.2 Å². The highest BCUT2D eigenvalue weighted by Gasteiger charge is 2.22. The van der Waals surface area contributed by atoms with E-state index in [0.717, 1.165) is 62.8 Å². The summed E-state index contributed by atoms with van der Waals surface area (Å²) in [4.78, 5) is 7.06. The van der Waals surface area contributed by atoms with Gasteiger partial charge >= 0.3 is 6.01 Å². The second kappa shape index (κ2) is 8.74. The molecule has 0 radical (unpaired) electrons. The third kappa shape index (κ3) is 3.64. The van der Waals surface area contributed by atoms with Crippen LogP contribution >= 0.6 is 0 Å². The summed E-state index contributed by atoms with van der Waals surface area (Å²) in [5, 5.41) is 2.20. The molecule has 0 atom stereocenters. The molecule has 0 aliphatic heterocycles. The Kier molecular flexibility index (Phi) is 4.92. The lowest BCUT2D eigenvalue weighted by molar-refractivity contribution is 0.603. The Balaban J connectivity index is 1.30. The van der Waals surface area contributed by atoms with Gasteiger partial charge in [-0.3, -0.25) is 4.90 Å². The van der Waals surface area contributed by atoms with Gasteiger partial charge in [0.2, 0.25) is 0 Å². The molecule has 1 aliphatic carbocycles. The third-order valence-corrected chi connectivity index (χ3v) is 7.59. The number of aryl methyl sites for hydroxylation is 1. The van der Waals surface area contributed by atoms with Gasteiger partial charge in [0.05, 0.1) is 11.4 Å². The van der Waals surface area contributed by atoms with Crippen molar-refractivity contribution in [2.45, 2.75) is 12.8 Å². The summed E-state index contributed by atoms with van der Waals surface area (Å²) in [6.45, 7) is 0. The molecule has 4 heteroatoms. The number of allylic oxidation sites excluding steroid dienone is 1. The van der Waals surface area contributed by atoms with E-state index in [1.807, 2.05) is 24.3 Å². The van der Waals surface area contributed by atoms with Crippen molar-refractivity contribution in [2.75, 3.05) is 4.90 Å². The third-order valence-electron chi connectivity index (χ3n) is 7.59. The van der Waals surface area contributed by atoms with Gasteiger partial charge in [-0.25, -0.2) is 0 Å². The van der Waals surface area contributed by atoms with E-state index in [9.17, 15) is 0 Å². The average molecular weight is 505 g/mol. The lowest BCUT2D eigenvalue weighted by atomic mass is 9.97. The van der Waals surface area contributed by atoms with Crippen molar-refractivity contribution in [3.8, 4) is 11.1 Å². The summed E-state index contributed by atoms with van der Waals surface area (Å²) in [5.74, 6) is 0. The predicted molar refractivity (Wildman–Crippen MR) is 159 cm³/mol. The van der Waals surface area contributed by atoms with Crippen molar-refractivity contribution in [3.63, 3.8) is 0 Å². The number of furan rings is 1. The van der Waals surface area contributed by atoms with Gasteiger partial charge in [-0.1, -0.05) is 78.9 Å². The van der Waals surface area contributed by atoms with Crippen LogP contribution in [0.1, 0.15) is 17.5 Å². The molecular weight excluding hydrogens is 480 g/mol. The van der Waals surface area contributed by atoms with Crippen LogP contribution in [-0.2, 0) is 6.42 Å². The van der Waals surface area contributed by atoms with Gasteiger partial charge < -0.3 is 8.83 Å². The van der Waals surface area contributed by atoms with Crippen molar-refractivity contribution >= 4 is 56.5 Å². The molecule has 0 N–H and O–H groups in total. The molecule has 0 unspecified atom stereocenters. The predicted octanol–water partition coefficient (Wildman–Crippen LogP) is 9.82. The smallest absolute Gasteiger partial charge is 0.307 e. The molecule has 39 heavy (non-hydrogen) atoms. The Labute approximate surface area is 225 Å². The molecule has 2 aromatic heterocycles. The first kappa shape index (κ1) is 21.9. The van der Waals surface area contributed by atoms with E-state index in [1.165, 1.54) is 16.7 Å². The zero-order chi connectivity index (χ0) is 25.8. The first-order valence-electron chi connectivity index (χ1n) is 13.3. The van der Waals surface area contributed by atoms with Gasteiger partial charge in [-0.15, -0.1) is 0 Å². The Morgan fingerprint density at radius 2 is 1.41 bits per heavy atom. The number of oxazole rings is 1. The van der Waals surface area contributed by atoms with Crippen LogP contribution in [0.2, 0.25) is 0 Å². The lowest BCUT2D eigenvalue weighted by Crippen LogP contribution is -2.10. The maximum atomic E-state index is 6.57. The molecule has 2 heterocycles. The summed E-state index contributed by atoms with van der Waals surface area (Å²) in [6.07, 6.45) is 6.36. The highest BCUT2D eigenvalue weighted by molar-refractivity contribution is 6.06. The number of nitrogens with zero attached hydrogens (tertiary/aromatic N) is 2. The minimum atomic E-state index is 0.538. The van der Waals surface area contributed by atoms with E-state index in [2.05, 4.69) is 102 Å². The molecule has 0 saturated carbocycles. The quantitative estimate of drug-likeness (QED) is 0.239. The zero-order valence-electron chi connectivity index (χ0n) is 21.2. The number of para-hydroxylation sites is 1. The van der Waals surface area contributed by atoms with E-state index in [1.54, 1.807) is 0 Å². The van der Waals surface area contributed by atoms with E-state index in [4.69, 9.17) is 13.8 Å². The van der Waals surface area contributed by atoms with Gasteiger partial charge in [0.25, 0.3) is 0 Å². The van der Waals surface area contributed by atoms with E-state index >= 15 is 0 Å². The van der Waals surface area contributed by atoms with Crippen molar-refractivity contribution in [1.29, 1.82) is 0 Å². The highest BCUT2D eigenvalue weighted by atomic mass is 16.4. The van der Waals surface area contributed by atoms with Crippen LogP contribution in [-0.4, -0.2) is 4.98 Å². The number of benzene rings is 5. The topological polar surface area (TPSA) is 42.4 Å². The minimum absolute atomic E-state index is 0.538. The molecular formula is C35H24N2O2. The van der Waals surface area contributed by atoms with Gasteiger partial charge in [0.15, 0.2) is 5.58 Å². The fourth-order valence-electron chi connectivity index (χ4n) is 5.65. The van der Waals surface area contributed by atoms with E-state index < -0.39 is 0 Å². The largest absolute Gasteiger partial charge is 0.456 e. The number of fused-ring (bicyclic) bond motifs is 6. The molecule has 0 bridgehead atoms. The van der Waals surface area contributed by atoms with E-state index in [0.29, 0.717) is 6.01 Å². The number of hydrogen-bond acceptors (Lipinski definition) is 4. The summed E-state index contributed by atoms with van der Waals surface area (Å²) in [6, 6.07) is 38.1. The lowest BCUT2D eigenvalue weighted by Gasteiger charge is -2.21. The average Bonchev–Trinajstić information content (AvgIpc) is 3.59. The first-order valence-corrected chi connectivity index (χ1v) is 13.3. The van der Waals surface area contributed by atoms with Gasteiger partial charge in [0.1, 0.15) is 16.7 Å². The molecule has 1 aliphatic rings. The summed E-state index contributed by atoms with van der Waals surface area (Å²) >= 11 is 0. The first-order chi connectivity index (χ1) is 19.3. The highest BCUT2D eigenvalue weighted by Crippen LogP contribution is 2.40. The number of rotatable bonds is 4. The molecule has 8 rings (SSSR count). The standard InChI is InChI=1S/C35H24N2O2/c1-2-8-23(9-3-1)24-14-17-26(18-15-24)37(27-19-20-30-29-12-6-7-13-32(29)38-33(30)22-27)35-36-31-21-16-25-10-4-5-11-28(25)34(31)39-35/h1-4,6-10,12-22H,5,11H2. The van der Waals surface area contributed by atoms with Crippen LogP contribution in [0.15, 0.2) is 124 Å². The van der Waals surface area contributed by atoms with Crippen molar-refractivity contribution in [1.82, 2.24) is 4.98 Å². The Bertz CT molecular complexity index is 2010. The maximum Gasteiger partial charge on any atom is 0.307 e. The van der Waals surface area contributed by atoms with Crippen molar-refractivity contribution in [3.05, 3.63) is 126 Å². The summed E-state index contributed by atoms with van der Waals surface area (Å²) in [7, 11) is 0.